The van der Waals surface area contributed by atoms with E-state index in [2.05, 4.69) is 37.8 Å². The molecule has 1 aliphatic heterocycles. The number of methoxy groups -OCH3 is 2. The first-order valence-corrected chi connectivity index (χ1v) is 12.9. The maximum Gasteiger partial charge on any atom is 0.233 e. The summed E-state index contributed by atoms with van der Waals surface area (Å²) in [7, 11) is 3.28. The van der Waals surface area contributed by atoms with Crippen LogP contribution in [0.25, 0.3) is 10.2 Å². The number of hydrogen-bond acceptors (Lipinski definition) is 7. The third kappa shape index (κ3) is 6.29. The highest BCUT2D eigenvalue weighted by Crippen LogP contribution is 2.40. The van der Waals surface area contributed by atoms with Gasteiger partial charge in [0, 0.05) is 26.2 Å². The van der Waals surface area contributed by atoms with Gasteiger partial charge in [0.2, 0.25) is 5.91 Å². The summed E-state index contributed by atoms with van der Waals surface area (Å²) in [5.41, 5.74) is 5.33. The van der Waals surface area contributed by atoms with Crippen molar-refractivity contribution in [3.63, 3.8) is 0 Å². The second-order valence-corrected chi connectivity index (χ2v) is 10.0. The Bertz CT molecular complexity index is 1130. The van der Waals surface area contributed by atoms with E-state index in [1.165, 1.54) is 16.9 Å². The predicted molar refractivity (Wildman–Crippen MR) is 149 cm³/mol. The molecule has 9 heteroatoms. The molecule has 2 aromatic carbocycles. The van der Waals surface area contributed by atoms with Crippen LogP contribution in [0.2, 0.25) is 0 Å². The van der Waals surface area contributed by atoms with Crippen LogP contribution in [-0.2, 0) is 16.0 Å². The fraction of sp³-hybridized carbons (Fsp3) is 0.481. The van der Waals surface area contributed by atoms with Gasteiger partial charge in [0.1, 0.15) is 21.7 Å². The summed E-state index contributed by atoms with van der Waals surface area (Å²) >= 11 is 1.48. The van der Waals surface area contributed by atoms with Crippen LogP contribution < -0.4 is 14.4 Å². The van der Waals surface area contributed by atoms with Gasteiger partial charge in [0.05, 0.1) is 33.9 Å². The largest absolute Gasteiger partial charge is 0.495 e. The number of thiazole rings is 1. The summed E-state index contributed by atoms with van der Waals surface area (Å²) in [6.45, 7) is 11.2. The Morgan fingerprint density at radius 3 is 2.36 bits per heavy atom. The van der Waals surface area contributed by atoms with Crippen LogP contribution in [0.3, 0.4) is 0 Å². The molecular formula is C27H36ClN3O4S. The maximum absolute atomic E-state index is 13.8. The van der Waals surface area contributed by atoms with Gasteiger partial charge in [-0.1, -0.05) is 29.0 Å². The minimum Gasteiger partial charge on any atom is -0.495 e. The summed E-state index contributed by atoms with van der Waals surface area (Å²) in [6, 6.07) is 8.03. The lowest BCUT2D eigenvalue weighted by Crippen LogP contribution is -2.39. The lowest BCUT2D eigenvalue weighted by Gasteiger charge is -2.28. The summed E-state index contributed by atoms with van der Waals surface area (Å²) in [5.74, 6) is 1.46. The third-order valence-electron chi connectivity index (χ3n) is 6.56. The fourth-order valence-corrected chi connectivity index (χ4v) is 5.85. The molecule has 0 saturated carbocycles. The number of hydrogen-bond donors (Lipinski definition) is 0. The summed E-state index contributed by atoms with van der Waals surface area (Å²) in [4.78, 5) is 22.9. The van der Waals surface area contributed by atoms with Crippen LogP contribution in [0.5, 0.6) is 11.5 Å². The molecular weight excluding hydrogens is 498 g/mol. The Hall–Kier alpha value is -2.39. The molecule has 1 aliphatic rings. The van der Waals surface area contributed by atoms with E-state index in [1.54, 1.807) is 14.2 Å². The highest BCUT2D eigenvalue weighted by Gasteiger charge is 2.24. The number of morpholine rings is 1. The SMILES string of the molecule is COc1ccc(OC)c2sc(N(CCCN3CCOCC3)C(=O)Cc3c(C)cc(C)cc3C)nc12.Cl. The zero-order chi connectivity index (χ0) is 24.9. The molecule has 1 aromatic heterocycles. The average molecular weight is 534 g/mol. The lowest BCUT2D eigenvalue weighted by atomic mass is 9.97. The van der Waals surface area contributed by atoms with Crippen LogP contribution >= 0.6 is 23.7 Å². The van der Waals surface area contributed by atoms with Gasteiger partial charge in [-0.05, 0) is 56.0 Å². The molecule has 196 valence electrons. The molecule has 4 rings (SSSR count). The van der Waals surface area contributed by atoms with E-state index in [0.29, 0.717) is 23.8 Å². The van der Waals surface area contributed by atoms with Crippen molar-refractivity contribution in [3.05, 3.63) is 46.5 Å². The van der Waals surface area contributed by atoms with Gasteiger partial charge >= 0.3 is 0 Å². The number of carbonyl (C=O) groups excluding carboxylic acids is 1. The maximum atomic E-state index is 13.8. The number of carbonyl (C=O) groups is 1. The Balaban J connectivity index is 0.00000361. The standard InChI is InChI=1S/C27H35N3O4S.ClH/c1-18-15-19(2)21(20(3)16-18)17-24(31)30(10-6-9-29-11-13-34-14-12-29)27-28-25-22(32-4)7-8-23(33-5)26(25)35-27;/h7-8,15-16H,6,9-14,17H2,1-5H3;1H. The van der Waals surface area contributed by atoms with Gasteiger partial charge in [-0.25, -0.2) is 4.98 Å². The zero-order valence-electron chi connectivity index (χ0n) is 21.8. The number of amides is 1. The number of benzene rings is 2. The fourth-order valence-electron chi connectivity index (χ4n) is 4.73. The van der Waals surface area contributed by atoms with Crippen LogP contribution in [0, 0.1) is 20.8 Å². The van der Waals surface area contributed by atoms with E-state index < -0.39 is 0 Å². The van der Waals surface area contributed by atoms with E-state index in [9.17, 15) is 4.79 Å². The first-order chi connectivity index (χ1) is 16.9. The van der Waals surface area contributed by atoms with Crippen molar-refractivity contribution in [3.8, 4) is 11.5 Å². The van der Waals surface area contributed by atoms with Crippen molar-refractivity contribution < 1.29 is 19.0 Å². The number of anilines is 1. The van der Waals surface area contributed by atoms with E-state index in [1.807, 2.05) is 17.0 Å². The van der Waals surface area contributed by atoms with Gasteiger partial charge < -0.3 is 14.2 Å². The molecule has 36 heavy (non-hydrogen) atoms. The Labute approximate surface area is 223 Å². The van der Waals surface area contributed by atoms with Crippen LogP contribution in [-0.4, -0.2) is 69.4 Å². The molecule has 0 N–H and O–H groups in total. The molecule has 0 atom stereocenters. The first kappa shape index (κ1) is 28.2. The van der Waals surface area contributed by atoms with Crippen molar-refractivity contribution >= 4 is 45.0 Å². The molecule has 0 radical (unpaired) electrons. The Morgan fingerprint density at radius 1 is 1.08 bits per heavy atom. The zero-order valence-corrected chi connectivity index (χ0v) is 23.4. The summed E-state index contributed by atoms with van der Waals surface area (Å²) in [5, 5.41) is 0.678. The molecule has 1 saturated heterocycles. The molecule has 2 heterocycles. The molecule has 3 aromatic rings. The quantitative estimate of drug-likeness (QED) is 0.387. The number of halogens is 1. The van der Waals surface area contributed by atoms with Gasteiger partial charge in [-0.2, -0.15) is 0 Å². The molecule has 7 nitrogen and oxygen atoms in total. The minimum absolute atomic E-state index is 0. The topological polar surface area (TPSA) is 64.1 Å². The summed E-state index contributed by atoms with van der Waals surface area (Å²) in [6.07, 6.45) is 1.21. The number of aryl methyl sites for hydroxylation is 3. The molecule has 1 fully saturated rings. The second-order valence-electron chi connectivity index (χ2n) is 9.05. The Morgan fingerprint density at radius 2 is 1.72 bits per heavy atom. The number of nitrogens with zero attached hydrogens (tertiary/aromatic N) is 3. The number of fused-ring (bicyclic) bond motifs is 1. The lowest BCUT2D eigenvalue weighted by molar-refractivity contribution is -0.118. The molecule has 0 aliphatic carbocycles. The van der Waals surface area contributed by atoms with Gasteiger partial charge in [-0.15, -0.1) is 12.4 Å². The van der Waals surface area contributed by atoms with E-state index in [-0.39, 0.29) is 18.3 Å². The van der Waals surface area contributed by atoms with Crippen molar-refractivity contribution in [2.24, 2.45) is 0 Å². The van der Waals surface area contributed by atoms with Gasteiger partial charge in [-0.3, -0.25) is 14.6 Å². The van der Waals surface area contributed by atoms with Crippen molar-refractivity contribution in [2.75, 3.05) is 58.5 Å². The van der Waals surface area contributed by atoms with E-state index >= 15 is 0 Å². The smallest absolute Gasteiger partial charge is 0.233 e. The average Bonchev–Trinajstić information content (AvgIpc) is 3.29. The van der Waals surface area contributed by atoms with Gasteiger partial charge in [0.25, 0.3) is 0 Å². The molecule has 1 amide bonds. The predicted octanol–water partition coefficient (Wildman–Crippen LogP) is 4.96. The highest BCUT2D eigenvalue weighted by molar-refractivity contribution is 7.22. The summed E-state index contributed by atoms with van der Waals surface area (Å²) < 4.78 is 17.5. The van der Waals surface area contributed by atoms with Gasteiger partial charge in [0.15, 0.2) is 5.13 Å². The van der Waals surface area contributed by atoms with E-state index in [4.69, 9.17) is 19.2 Å². The number of rotatable bonds is 9. The molecule has 0 bridgehead atoms. The highest BCUT2D eigenvalue weighted by atomic mass is 35.5. The van der Waals surface area contributed by atoms with Crippen LogP contribution in [0.4, 0.5) is 5.13 Å². The minimum atomic E-state index is 0. The van der Waals surface area contributed by atoms with Crippen molar-refractivity contribution in [1.82, 2.24) is 9.88 Å². The third-order valence-corrected chi connectivity index (χ3v) is 7.65. The number of ether oxygens (including phenoxy) is 3. The monoisotopic (exact) mass is 533 g/mol. The van der Waals surface area contributed by atoms with Crippen LogP contribution in [0.1, 0.15) is 28.7 Å². The number of aromatic nitrogens is 1. The molecule has 0 spiro atoms. The van der Waals surface area contributed by atoms with E-state index in [0.717, 1.165) is 71.9 Å². The Kier molecular flexibility index (Phi) is 9.96. The van der Waals surface area contributed by atoms with Crippen molar-refractivity contribution in [2.45, 2.75) is 33.6 Å². The first-order valence-electron chi connectivity index (χ1n) is 12.1. The molecule has 0 unspecified atom stereocenters. The second kappa shape index (κ2) is 12.7. The van der Waals surface area contributed by atoms with Crippen LogP contribution in [0.15, 0.2) is 24.3 Å². The normalized spacial score (nSPS) is 13.9. The van der Waals surface area contributed by atoms with Crippen molar-refractivity contribution in [1.29, 1.82) is 0 Å².